The smallest absolute Gasteiger partial charge is 0.256 e. The molecular weight excluding hydrogens is 225 g/mol. The van der Waals surface area contributed by atoms with Crippen LogP contribution in [0.3, 0.4) is 0 Å². The van der Waals surface area contributed by atoms with Crippen molar-refractivity contribution in [2.45, 2.75) is 0 Å². The predicted molar refractivity (Wildman–Crippen MR) is 55.3 cm³/mol. The molecule has 5 nitrogen and oxygen atoms in total. The summed E-state index contributed by atoms with van der Waals surface area (Å²) in [6, 6.07) is 7.85. The van der Waals surface area contributed by atoms with Gasteiger partial charge >= 0.3 is 0 Å². The van der Waals surface area contributed by atoms with Gasteiger partial charge in [-0.2, -0.15) is 10.5 Å². The predicted octanol–water partition coefficient (Wildman–Crippen LogP) is 1.43. The van der Waals surface area contributed by atoms with Gasteiger partial charge in [-0.15, -0.1) is 0 Å². The molecule has 1 aromatic carbocycles. The summed E-state index contributed by atoms with van der Waals surface area (Å²) in [6.45, 7) is -0.418. The molecule has 0 amide bonds. The van der Waals surface area contributed by atoms with Crippen LogP contribution in [0, 0.1) is 28.5 Å². The maximum Gasteiger partial charge on any atom is 0.256 e. The number of benzene rings is 1. The van der Waals surface area contributed by atoms with Crippen LogP contribution in [0.5, 0.6) is 0 Å². The van der Waals surface area contributed by atoms with E-state index < -0.39 is 23.9 Å². The van der Waals surface area contributed by atoms with Gasteiger partial charge in [0.1, 0.15) is 18.0 Å². The minimum atomic E-state index is -0.475. The summed E-state index contributed by atoms with van der Waals surface area (Å²) in [7, 11) is 0. The monoisotopic (exact) mass is 231 g/mol. The number of halogens is 1. The first-order chi connectivity index (χ1) is 8.17. The highest BCUT2D eigenvalue weighted by Crippen LogP contribution is 2.03. The van der Waals surface area contributed by atoms with E-state index >= 15 is 0 Å². The first-order valence-corrected chi connectivity index (χ1v) is 4.46. The van der Waals surface area contributed by atoms with Crippen molar-refractivity contribution >= 4 is 11.5 Å². The minimum Gasteiger partial charge on any atom is -0.386 e. The quantitative estimate of drug-likeness (QED) is 0.445. The van der Waals surface area contributed by atoms with Crippen molar-refractivity contribution in [3.8, 4) is 12.1 Å². The maximum atomic E-state index is 12.6. The summed E-state index contributed by atoms with van der Waals surface area (Å²) in [4.78, 5) is 16.0. The average Bonchev–Trinajstić information content (AvgIpc) is 2.35. The minimum absolute atomic E-state index is 0.261. The van der Waals surface area contributed by atoms with E-state index in [2.05, 4.69) is 9.99 Å². The van der Waals surface area contributed by atoms with E-state index in [-0.39, 0.29) is 5.56 Å². The molecule has 0 aliphatic heterocycles. The normalized spacial score (nSPS) is 8.65. The molecule has 84 valence electrons. The Morgan fingerprint density at radius 3 is 2.41 bits per heavy atom. The third kappa shape index (κ3) is 3.73. The second-order valence-corrected chi connectivity index (χ2v) is 2.87. The van der Waals surface area contributed by atoms with Gasteiger partial charge in [-0.1, -0.05) is 5.16 Å². The van der Waals surface area contributed by atoms with Crippen LogP contribution in [0.2, 0.25) is 0 Å². The molecule has 0 fully saturated rings. The zero-order chi connectivity index (χ0) is 12.7. The van der Waals surface area contributed by atoms with Gasteiger partial charge in [0.05, 0.1) is 0 Å². The third-order valence-electron chi connectivity index (χ3n) is 1.73. The van der Waals surface area contributed by atoms with Crippen molar-refractivity contribution in [3.63, 3.8) is 0 Å². The lowest BCUT2D eigenvalue weighted by atomic mass is 10.1. The zero-order valence-corrected chi connectivity index (χ0v) is 8.55. The first-order valence-electron chi connectivity index (χ1n) is 4.46. The number of carbonyl (C=O) groups excluding carboxylic acids is 1. The molecule has 6 heteroatoms. The Hall–Kier alpha value is -2.73. The van der Waals surface area contributed by atoms with Crippen molar-refractivity contribution in [2.24, 2.45) is 5.16 Å². The van der Waals surface area contributed by atoms with Crippen LogP contribution in [-0.2, 0) is 4.84 Å². The van der Waals surface area contributed by atoms with E-state index in [4.69, 9.17) is 10.5 Å². The number of carbonyl (C=O) groups is 1. The van der Waals surface area contributed by atoms with Crippen LogP contribution in [0.25, 0.3) is 0 Å². The molecule has 1 rings (SSSR count). The first kappa shape index (κ1) is 12.3. The van der Waals surface area contributed by atoms with Crippen molar-refractivity contribution in [1.82, 2.24) is 0 Å². The molecule has 1 aromatic rings. The topological polar surface area (TPSA) is 86.2 Å². The molecule has 0 aliphatic carbocycles. The summed E-state index contributed by atoms with van der Waals surface area (Å²) < 4.78 is 12.6. The van der Waals surface area contributed by atoms with Crippen LogP contribution in [0.4, 0.5) is 4.39 Å². The Labute approximate surface area is 96.3 Å². The standard InChI is InChI=1S/C11H6FN3O2/c12-9-3-1-8(2-4-9)11(16)7-17-15-10(5-13)6-14/h1-4H,7H2. The molecule has 0 heterocycles. The van der Waals surface area contributed by atoms with Gasteiger partial charge in [-0.05, 0) is 24.3 Å². The molecule has 0 aliphatic rings. The number of hydrogen-bond donors (Lipinski definition) is 0. The van der Waals surface area contributed by atoms with Crippen LogP contribution in [0.15, 0.2) is 29.4 Å². The second kappa shape index (κ2) is 5.99. The molecule has 0 N–H and O–H groups in total. The van der Waals surface area contributed by atoms with Crippen LogP contribution in [-0.4, -0.2) is 18.1 Å². The van der Waals surface area contributed by atoms with Gasteiger partial charge in [0.15, 0.2) is 6.61 Å². The van der Waals surface area contributed by atoms with Crippen LogP contribution >= 0.6 is 0 Å². The highest BCUT2D eigenvalue weighted by molar-refractivity contribution is 6.09. The van der Waals surface area contributed by atoms with Gasteiger partial charge in [0.25, 0.3) is 5.71 Å². The molecular formula is C11H6FN3O2. The number of nitrogens with zero attached hydrogens (tertiary/aromatic N) is 3. The van der Waals surface area contributed by atoms with Crippen molar-refractivity contribution < 1.29 is 14.0 Å². The largest absolute Gasteiger partial charge is 0.386 e. The fourth-order valence-corrected chi connectivity index (χ4v) is 0.940. The molecule has 0 unspecified atom stereocenters. The van der Waals surface area contributed by atoms with Crippen LogP contribution < -0.4 is 0 Å². The van der Waals surface area contributed by atoms with Gasteiger partial charge < -0.3 is 4.84 Å². The Balaban J connectivity index is 2.58. The molecule has 0 radical (unpaired) electrons. The van der Waals surface area contributed by atoms with E-state index in [1.165, 1.54) is 24.3 Å². The van der Waals surface area contributed by atoms with Gasteiger partial charge in [-0.25, -0.2) is 4.39 Å². The number of nitriles is 2. The zero-order valence-electron chi connectivity index (χ0n) is 8.55. The molecule has 17 heavy (non-hydrogen) atoms. The summed E-state index contributed by atoms with van der Waals surface area (Å²) in [5.41, 5.74) is -0.214. The Morgan fingerprint density at radius 1 is 1.29 bits per heavy atom. The van der Waals surface area contributed by atoms with E-state index in [0.29, 0.717) is 0 Å². The fourth-order valence-electron chi connectivity index (χ4n) is 0.940. The van der Waals surface area contributed by atoms with Crippen molar-refractivity contribution in [3.05, 3.63) is 35.6 Å². The van der Waals surface area contributed by atoms with E-state index in [0.717, 1.165) is 12.1 Å². The maximum absolute atomic E-state index is 12.6. The highest BCUT2D eigenvalue weighted by atomic mass is 19.1. The van der Waals surface area contributed by atoms with E-state index in [1.807, 2.05) is 0 Å². The second-order valence-electron chi connectivity index (χ2n) is 2.87. The molecule has 0 aromatic heterocycles. The Kier molecular flexibility index (Phi) is 4.34. The number of oxime groups is 1. The van der Waals surface area contributed by atoms with Crippen LogP contribution in [0.1, 0.15) is 10.4 Å². The molecule has 0 atom stereocenters. The van der Waals surface area contributed by atoms with Gasteiger partial charge in [-0.3, -0.25) is 4.79 Å². The van der Waals surface area contributed by atoms with Crippen molar-refractivity contribution in [2.75, 3.05) is 6.61 Å². The van der Waals surface area contributed by atoms with E-state index in [1.54, 1.807) is 0 Å². The summed E-state index contributed by atoms with van der Waals surface area (Å²) in [5, 5.41) is 19.8. The lowest BCUT2D eigenvalue weighted by molar-refractivity contribution is 0.0777. The molecule has 0 saturated carbocycles. The molecule has 0 spiro atoms. The Bertz CT molecular complexity index is 507. The summed E-state index contributed by atoms with van der Waals surface area (Å²) in [6.07, 6.45) is 0. The number of ketones is 1. The molecule has 0 bridgehead atoms. The number of rotatable bonds is 4. The third-order valence-corrected chi connectivity index (χ3v) is 1.73. The summed E-state index contributed by atoms with van der Waals surface area (Å²) >= 11 is 0. The lowest BCUT2D eigenvalue weighted by Gasteiger charge is -1.99. The van der Waals surface area contributed by atoms with E-state index in [9.17, 15) is 9.18 Å². The fraction of sp³-hybridized carbons (Fsp3) is 0.0909. The van der Waals surface area contributed by atoms with Crippen molar-refractivity contribution in [1.29, 1.82) is 10.5 Å². The Morgan fingerprint density at radius 2 is 1.88 bits per heavy atom. The number of hydrogen-bond acceptors (Lipinski definition) is 5. The summed E-state index contributed by atoms with van der Waals surface area (Å²) in [5.74, 6) is -0.874. The SMILES string of the molecule is N#CC(C#N)=NOCC(=O)c1ccc(F)cc1. The van der Waals surface area contributed by atoms with Gasteiger partial charge in [0.2, 0.25) is 5.78 Å². The number of Topliss-reactive ketones (excluding diaryl/α,β-unsaturated/α-hetero) is 1. The average molecular weight is 231 g/mol. The molecule has 0 saturated heterocycles. The lowest BCUT2D eigenvalue weighted by Crippen LogP contribution is -2.07. The van der Waals surface area contributed by atoms with Gasteiger partial charge in [0, 0.05) is 5.56 Å². The highest BCUT2D eigenvalue weighted by Gasteiger charge is 2.06.